The number of thiocarbonyl (C=S) groups is 1. The minimum Gasteiger partial charge on any atom is -0.459 e. The third kappa shape index (κ3) is 4.13. The lowest BCUT2D eigenvalue weighted by Gasteiger charge is -2.27. The lowest BCUT2D eigenvalue weighted by molar-refractivity contribution is 0.253. The Labute approximate surface area is 185 Å². The number of halogens is 2. The van der Waals surface area contributed by atoms with Gasteiger partial charge in [0, 0.05) is 18.3 Å². The lowest BCUT2D eigenvalue weighted by Crippen LogP contribution is -2.32. The molecule has 7 heteroatoms. The van der Waals surface area contributed by atoms with Crippen molar-refractivity contribution in [2.75, 3.05) is 6.54 Å². The van der Waals surface area contributed by atoms with E-state index in [9.17, 15) is 0 Å². The van der Waals surface area contributed by atoms with Crippen LogP contribution in [0.4, 0.5) is 0 Å². The highest BCUT2D eigenvalue weighted by molar-refractivity contribution is 7.80. The van der Waals surface area contributed by atoms with Crippen LogP contribution in [0.1, 0.15) is 37.4 Å². The predicted octanol–water partition coefficient (Wildman–Crippen LogP) is 6.28. The molecular formula is C22H21Cl2N3OS. The van der Waals surface area contributed by atoms with E-state index in [2.05, 4.69) is 29.0 Å². The first kappa shape index (κ1) is 20.2. The van der Waals surface area contributed by atoms with Gasteiger partial charge in [-0.3, -0.25) is 4.98 Å². The van der Waals surface area contributed by atoms with Gasteiger partial charge in [0.05, 0.1) is 21.8 Å². The minimum absolute atomic E-state index is 0.0867. The van der Waals surface area contributed by atoms with Crippen LogP contribution in [-0.4, -0.2) is 21.5 Å². The number of rotatable bonds is 5. The highest BCUT2D eigenvalue weighted by atomic mass is 35.5. The normalized spacial score (nSPS) is 19.1. The van der Waals surface area contributed by atoms with Gasteiger partial charge in [-0.25, -0.2) is 0 Å². The summed E-state index contributed by atoms with van der Waals surface area (Å²) in [4.78, 5) is 6.74. The van der Waals surface area contributed by atoms with Crippen molar-refractivity contribution >= 4 is 40.5 Å². The molecular weight excluding hydrogens is 425 g/mol. The van der Waals surface area contributed by atoms with Gasteiger partial charge in [0.15, 0.2) is 5.11 Å². The van der Waals surface area contributed by atoms with Crippen molar-refractivity contribution in [2.24, 2.45) is 5.92 Å². The van der Waals surface area contributed by atoms with Crippen molar-refractivity contribution in [1.82, 2.24) is 15.2 Å². The number of benzene rings is 1. The van der Waals surface area contributed by atoms with Crippen molar-refractivity contribution in [1.29, 1.82) is 0 Å². The summed E-state index contributed by atoms with van der Waals surface area (Å²) in [5.41, 5.74) is 1.81. The van der Waals surface area contributed by atoms with Crippen LogP contribution in [0, 0.1) is 5.92 Å². The molecule has 4 nitrogen and oxygen atoms in total. The van der Waals surface area contributed by atoms with Crippen LogP contribution >= 0.6 is 35.4 Å². The molecule has 4 rings (SSSR count). The number of nitrogens with one attached hydrogen (secondary N) is 1. The van der Waals surface area contributed by atoms with Crippen molar-refractivity contribution in [3.63, 3.8) is 0 Å². The number of nitrogens with zero attached hydrogens (tertiary/aromatic N) is 2. The summed E-state index contributed by atoms with van der Waals surface area (Å²) < 4.78 is 6.29. The van der Waals surface area contributed by atoms with E-state index in [-0.39, 0.29) is 12.1 Å². The molecule has 1 aliphatic rings. The highest BCUT2D eigenvalue weighted by Gasteiger charge is 2.41. The summed E-state index contributed by atoms with van der Waals surface area (Å²) in [7, 11) is 0. The first-order chi connectivity index (χ1) is 13.9. The predicted molar refractivity (Wildman–Crippen MR) is 121 cm³/mol. The average Bonchev–Trinajstić information content (AvgIpc) is 3.30. The van der Waals surface area contributed by atoms with E-state index in [1.165, 1.54) is 0 Å². The molecule has 3 aromatic rings. The van der Waals surface area contributed by atoms with Crippen molar-refractivity contribution < 1.29 is 4.42 Å². The Morgan fingerprint density at radius 2 is 1.97 bits per heavy atom. The summed E-state index contributed by atoms with van der Waals surface area (Å²) in [5, 5.41) is 5.17. The maximum absolute atomic E-state index is 6.29. The maximum atomic E-state index is 6.29. The summed E-state index contributed by atoms with van der Waals surface area (Å²) in [6, 6.07) is 15.2. The topological polar surface area (TPSA) is 41.3 Å². The second-order valence-corrected chi connectivity index (χ2v) is 8.70. The summed E-state index contributed by atoms with van der Waals surface area (Å²) in [6.07, 6.45) is 1.80. The molecule has 0 aliphatic carbocycles. The Bertz CT molecular complexity index is 1020. The van der Waals surface area contributed by atoms with E-state index >= 15 is 0 Å². The monoisotopic (exact) mass is 445 g/mol. The molecule has 29 heavy (non-hydrogen) atoms. The Morgan fingerprint density at radius 1 is 1.14 bits per heavy atom. The van der Waals surface area contributed by atoms with E-state index in [4.69, 9.17) is 39.8 Å². The van der Waals surface area contributed by atoms with E-state index in [1.54, 1.807) is 12.3 Å². The molecule has 1 N–H and O–H groups in total. The minimum atomic E-state index is -0.0877. The van der Waals surface area contributed by atoms with Crippen LogP contribution in [0.25, 0.3) is 11.3 Å². The van der Waals surface area contributed by atoms with Crippen molar-refractivity contribution in [3.05, 3.63) is 76.2 Å². The Kier molecular flexibility index (Phi) is 5.81. The third-order valence-electron chi connectivity index (χ3n) is 4.88. The van der Waals surface area contributed by atoms with Gasteiger partial charge in [0.1, 0.15) is 17.6 Å². The number of pyridine rings is 1. The molecule has 1 saturated heterocycles. The molecule has 3 heterocycles. The van der Waals surface area contributed by atoms with Crippen LogP contribution in [0.5, 0.6) is 0 Å². The molecule has 0 amide bonds. The van der Waals surface area contributed by atoms with Crippen LogP contribution in [0.3, 0.4) is 0 Å². The summed E-state index contributed by atoms with van der Waals surface area (Å²) >= 11 is 17.9. The van der Waals surface area contributed by atoms with Gasteiger partial charge in [0.2, 0.25) is 0 Å². The number of furan rings is 1. The summed E-state index contributed by atoms with van der Waals surface area (Å²) in [5.74, 6) is 2.01. The maximum Gasteiger partial charge on any atom is 0.170 e. The SMILES string of the molecule is CC(C)CN1C(=S)NC(c2ccccn2)C1c1ccc(-c2ccc(Cl)c(Cl)c2)o1. The smallest absolute Gasteiger partial charge is 0.170 e. The fourth-order valence-electron chi connectivity index (χ4n) is 3.62. The molecule has 0 saturated carbocycles. The zero-order valence-corrected chi connectivity index (χ0v) is 18.4. The molecule has 2 atom stereocenters. The van der Waals surface area contributed by atoms with Gasteiger partial charge in [-0.05, 0) is 60.6 Å². The summed E-state index contributed by atoms with van der Waals surface area (Å²) in [6.45, 7) is 5.18. The first-order valence-corrected chi connectivity index (χ1v) is 10.6. The zero-order chi connectivity index (χ0) is 20.5. The molecule has 0 bridgehead atoms. The Morgan fingerprint density at radius 3 is 2.66 bits per heavy atom. The molecule has 2 aromatic heterocycles. The van der Waals surface area contributed by atoms with Gasteiger partial charge in [-0.2, -0.15) is 0 Å². The van der Waals surface area contributed by atoms with Crippen LogP contribution in [-0.2, 0) is 0 Å². The average molecular weight is 446 g/mol. The number of aromatic nitrogens is 1. The fraction of sp³-hybridized carbons (Fsp3) is 0.273. The van der Waals surface area contributed by atoms with E-state index < -0.39 is 0 Å². The Balaban J connectivity index is 1.73. The molecule has 150 valence electrons. The Hall–Kier alpha value is -2.08. The van der Waals surface area contributed by atoms with E-state index in [0.717, 1.165) is 29.3 Å². The molecule has 1 aromatic carbocycles. The van der Waals surface area contributed by atoms with E-state index in [1.807, 2.05) is 42.5 Å². The van der Waals surface area contributed by atoms with Crippen LogP contribution in [0.2, 0.25) is 10.0 Å². The molecule has 2 unspecified atom stereocenters. The molecule has 0 radical (unpaired) electrons. The zero-order valence-electron chi connectivity index (χ0n) is 16.1. The fourth-order valence-corrected chi connectivity index (χ4v) is 4.23. The standard InChI is InChI=1S/C22H21Cl2N3OS/c1-13(2)12-27-21(20(26-22(27)29)17-5-3-4-10-25-17)19-9-8-18(28-19)14-6-7-15(23)16(24)11-14/h3-11,13,20-21H,12H2,1-2H3,(H,26,29). The number of hydrogen-bond acceptors (Lipinski definition) is 3. The molecule has 1 aliphatic heterocycles. The molecule has 1 fully saturated rings. The van der Waals surface area contributed by atoms with E-state index in [0.29, 0.717) is 21.1 Å². The van der Waals surface area contributed by atoms with Crippen molar-refractivity contribution in [2.45, 2.75) is 25.9 Å². The quantitative estimate of drug-likeness (QED) is 0.468. The van der Waals surface area contributed by atoms with Crippen LogP contribution in [0.15, 0.2) is 59.1 Å². The van der Waals surface area contributed by atoms with Gasteiger partial charge in [-0.1, -0.05) is 43.1 Å². The van der Waals surface area contributed by atoms with Crippen LogP contribution < -0.4 is 5.32 Å². The number of hydrogen-bond donors (Lipinski definition) is 1. The second kappa shape index (κ2) is 8.34. The molecule has 0 spiro atoms. The van der Waals surface area contributed by atoms with Gasteiger partial charge in [-0.15, -0.1) is 0 Å². The van der Waals surface area contributed by atoms with Gasteiger partial charge >= 0.3 is 0 Å². The lowest BCUT2D eigenvalue weighted by atomic mass is 10.0. The van der Waals surface area contributed by atoms with Gasteiger partial charge in [0.25, 0.3) is 0 Å². The van der Waals surface area contributed by atoms with Gasteiger partial charge < -0.3 is 14.6 Å². The first-order valence-electron chi connectivity index (χ1n) is 9.47. The second-order valence-electron chi connectivity index (χ2n) is 7.50. The largest absolute Gasteiger partial charge is 0.459 e. The highest BCUT2D eigenvalue weighted by Crippen LogP contribution is 2.41. The third-order valence-corrected chi connectivity index (χ3v) is 5.97. The van der Waals surface area contributed by atoms with Crippen molar-refractivity contribution in [3.8, 4) is 11.3 Å².